The van der Waals surface area contributed by atoms with E-state index in [9.17, 15) is 27.1 Å². The minimum atomic E-state index is -3.88. The van der Waals surface area contributed by atoms with Crippen LogP contribution in [0.15, 0.2) is 90.0 Å². The number of carbonyl (C=O) groups excluding carboxylic acids is 1. The molecule has 9 heteroatoms. The second-order valence-corrected chi connectivity index (χ2v) is 11.4. The minimum Gasteiger partial charge on any atom is -0.508 e. The van der Waals surface area contributed by atoms with E-state index in [1.807, 2.05) is 12.1 Å². The van der Waals surface area contributed by atoms with Gasteiger partial charge in [-0.1, -0.05) is 30.3 Å². The van der Waals surface area contributed by atoms with Crippen LogP contribution in [0.2, 0.25) is 0 Å². The Bertz CT molecular complexity index is 1710. The molecule has 5 rings (SSSR count). The molecule has 1 aromatic heterocycles. The first-order valence-electron chi connectivity index (χ1n) is 12.6. The van der Waals surface area contributed by atoms with Crippen molar-refractivity contribution < 1.29 is 27.1 Å². The van der Waals surface area contributed by atoms with Gasteiger partial charge in [0.15, 0.2) is 0 Å². The molecule has 0 bridgehead atoms. The molecule has 0 aliphatic heterocycles. The van der Waals surface area contributed by atoms with Crippen LogP contribution in [0, 0.1) is 11.6 Å². The number of sulfonamides is 1. The van der Waals surface area contributed by atoms with Crippen molar-refractivity contribution in [2.75, 3.05) is 0 Å². The van der Waals surface area contributed by atoms with Crippen molar-refractivity contribution >= 4 is 21.4 Å². The van der Waals surface area contributed by atoms with E-state index in [1.54, 1.807) is 42.6 Å². The maximum Gasteiger partial charge on any atom is 0.238 e. The van der Waals surface area contributed by atoms with Crippen LogP contribution in [-0.4, -0.2) is 24.3 Å². The van der Waals surface area contributed by atoms with Crippen molar-refractivity contribution in [3.63, 3.8) is 0 Å². The Kier molecular flexibility index (Phi) is 7.60. The van der Waals surface area contributed by atoms with Gasteiger partial charge in [0.25, 0.3) is 0 Å². The van der Waals surface area contributed by atoms with Crippen molar-refractivity contribution in [1.82, 2.24) is 4.98 Å². The SMILES string of the molecule is NS(=O)(=O)c1ccc(-c2cccnc2[C@@H](CC(=O)CC2=CCc3ccc(O)cc32)Cc2cc(F)cc(F)c2)cc1. The molecule has 204 valence electrons. The summed E-state index contributed by atoms with van der Waals surface area (Å²) in [7, 11) is -3.88. The summed E-state index contributed by atoms with van der Waals surface area (Å²) >= 11 is 0. The number of phenols is 1. The highest BCUT2D eigenvalue weighted by molar-refractivity contribution is 7.89. The molecule has 3 aromatic carbocycles. The molecular weight excluding hydrogens is 534 g/mol. The highest BCUT2D eigenvalue weighted by atomic mass is 32.2. The van der Waals surface area contributed by atoms with Gasteiger partial charge in [-0.3, -0.25) is 9.78 Å². The maximum absolute atomic E-state index is 14.1. The number of Topliss-reactive ketones (excluding diaryl/α,β-unsaturated/α-hetero) is 1. The van der Waals surface area contributed by atoms with Crippen LogP contribution in [-0.2, 0) is 27.7 Å². The molecule has 0 saturated carbocycles. The van der Waals surface area contributed by atoms with Gasteiger partial charge < -0.3 is 5.11 Å². The fourth-order valence-electron chi connectivity index (χ4n) is 5.20. The Balaban J connectivity index is 1.48. The molecule has 1 atom stereocenters. The number of nitrogens with zero attached hydrogens (tertiary/aromatic N) is 1. The number of carbonyl (C=O) groups is 1. The predicted octanol–water partition coefficient (Wildman–Crippen LogP) is 5.70. The van der Waals surface area contributed by atoms with Crippen LogP contribution in [0.5, 0.6) is 5.75 Å². The highest BCUT2D eigenvalue weighted by Gasteiger charge is 2.25. The average Bonchev–Trinajstić information content (AvgIpc) is 3.28. The molecule has 4 aromatic rings. The molecule has 0 radical (unpaired) electrons. The standard InChI is InChI=1S/C31H26F2N2O4S/c32-24-13-19(14-25(33)17-24)12-23(16-27(37)15-22-4-3-21-5-8-26(36)18-30(21)22)31-29(2-1-11-35-31)20-6-9-28(10-7-20)40(34,38)39/h1-2,4-11,13-14,17-18,23,36H,3,12,15-16H2,(H2,34,38,39)/t23-/m1/s1. The number of rotatable bonds is 9. The van der Waals surface area contributed by atoms with Gasteiger partial charge in [0.2, 0.25) is 10.0 Å². The van der Waals surface area contributed by atoms with Crippen LogP contribution < -0.4 is 5.14 Å². The number of primary sulfonamides is 1. The zero-order valence-electron chi connectivity index (χ0n) is 21.3. The van der Waals surface area contributed by atoms with Crippen molar-refractivity contribution in [3.05, 3.63) is 119 Å². The van der Waals surface area contributed by atoms with Crippen LogP contribution >= 0.6 is 0 Å². The van der Waals surface area contributed by atoms with Crippen molar-refractivity contribution in [2.24, 2.45) is 5.14 Å². The zero-order chi connectivity index (χ0) is 28.4. The minimum absolute atomic E-state index is 0.0418. The Labute approximate surface area is 230 Å². The van der Waals surface area contributed by atoms with Gasteiger partial charge in [-0.15, -0.1) is 0 Å². The van der Waals surface area contributed by atoms with Crippen LogP contribution in [0.25, 0.3) is 16.7 Å². The second kappa shape index (κ2) is 11.1. The number of nitrogens with two attached hydrogens (primary N) is 1. The molecule has 1 heterocycles. The van der Waals surface area contributed by atoms with Gasteiger partial charge in [0, 0.05) is 36.6 Å². The number of fused-ring (bicyclic) bond motifs is 1. The van der Waals surface area contributed by atoms with Gasteiger partial charge >= 0.3 is 0 Å². The number of phenolic OH excluding ortho intramolecular Hbond substituents is 1. The van der Waals surface area contributed by atoms with E-state index >= 15 is 0 Å². The fraction of sp³-hybridized carbons (Fsp3) is 0.161. The van der Waals surface area contributed by atoms with E-state index in [4.69, 9.17) is 5.14 Å². The first-order valence-corrected chi connectivity index (χ1v) is 14.2. The average molecular weight is 561 g/mol. The summed E-state index contributed by atoms with van der Waals surface area (Å²) in [5.74, 6) is -1.93. The van der Waals surface area contributed by atoms with Crippen LogP contribution in [0.4, 0.5) is 8.78 Å². The molecule has 0 fully saturated rings. The second-order valence-electron chi connectivity index (χ2n) is 9.88. The molecule has 0 spiro atoms. The molecule has 0 unspecified atom stereocenters. The highest BCUT2D eigenvalue weighted by Crippen LogP contribution is 2.36. The Morgan fingerprint density at radius 1 is 0.975 bits per heavy atom. The molecule has 0 saturated heterocycles. The smallest absolute Gasteiger partial charge is 0.238 e. The van der Waals surface area contributed by atoms with Gasteiger partial charge in [-0.05, 0) is 83.1 Å². The van der Waals surface area contributed by atoms with Gasteiger partial charge in [0.05, 0.1) is 10.6 Å². The van der Waals surface area contributed by atoms with Crippen LogP contribution in [0.3, 0.4) is 0 Å². The number of ketones is 1. The molecule has 40 heavy (non-hydrogen) atoms. The lowest BCUT2D eigenvalue weighted by Crippen LogP contribution is -2.14. The lowest BCUT2D eigenvalue weighted by molar-refractivity contribution is -0.118. The van der Waals surface area contributed by atoms with Gasteiger partial charge in [-0.2, -0.15) is 0 Å². The number of hydrogen-bond donors (Lipinski definition) is 2. The van der Waals surface area contributed by atoms with Crippen molar-refractivity contribution in [1.29, 1.82) is 0 Å². The third kappa shape index (κ3) is 6.16. The van der Waals surface area contributed by atoms with E-state index in [0.29, 0.717) is 28.8 Å². The first-order chi connectivity index (χ1) is 19.1. The monoisotopic (exact) mass is 560 g/mol. The first kappa shape index (κ1) is 27.4. The Morgan fingerprint density at radius 2 is 1.70 bits per heavy atom. The Hall–Kier alpha value is -4.21. The number of hydrogen-bond acceptors (Lipinski definition) is 5. The van der Waals surface area contributed by atoms with Gasteiger partial charge in [-0.25, -0.2) is 22.3 Å². The summed E-state index contributed by atoms with van der Waals surface area (Å²) < 4.78 is 51.6. The number of halogens is 2. The molecule has 3 N–H and O–H groups in total. The lowest BCUT2D eigenvalue weighted by Gasteiger charge is -2.20. The fourth-order valence-corrected chi connectivity index (χ4v) is 5.72. The number of benzene rings is 3. The van der Waals surface area contributed by atoms with E-state index in [-0.39, 0.29) is 35.7 Å². The van der Waals surface area contributed by atoms with Crippen molar-refractivity contribution in [2.45, 2.75) is 36.5 Å². The molecular formula is C31H26F2N2O4S. The quantitative estimate of drug-likeness (QED) is 0.273. The topological polar surface area (TPSA) is 110 Å². The number of aromatic nitrogens is 1. The summed E-state index contributed by atoms with van der Waals surface area (Å²) in [4.78, 5) is 18.0. The summed E-state index contributed by atoms with van der Waals surface area (Å²) in [5.41, 5.74) is 4.93. The van der Waals surface area contributed by atoms with E-state index < -0.39 is 27.6 Å². The third-order valence-electron chi connectivity index (χ3n) is 6.99. The van der Waals surface area contributed by atoms with E-state index in [2.05, 4.69) is 4.98 Å². The summed E-state index contributed by atoms with van der Waals surface area (Å²) in [6.45, 7) is 0. The summed E-state index contributed by atoms with van der Waals surface area (Å²) in [6, 6.07) is 17.9. The molecule has 1 aliphatic carbocycles. The lowest BCUT2D eigenvalue weighted by atomic mass is 9.85. The normalized spacial score (nSPS) is 13.5. The summed E-state index contributed by atoms with van der Waals surface area (Å²) in [6.07, 6.45) is 4.55. The Morgan fingerprint density at radius 3 is 2.40 bits per heavy atom. The van der Waals surface area contributed by atoms with Gasteiger partial charge in [0.1, 0.15) is 23.2 Å². The number of allylic oxidation sites excluding steroid dienone is 2. The van der Waals surface area contributed by atoms with Crippen molar-refractivity contribution in [3.8, 4) is 16.9 Å². The number of aromatic hydroxyl groups is 1. The molecule has 1 aliphatic rings. The number of pyridine rings is 1. The molecule has 6 nitrogen and oxygen atoms in total. The van der Waals surface area contributed by atoms with Crippen LogP contribution in [0.1, 0.15) is 41.1 Å². The third-order valence-corrected chi connectivity index (χ3v) is 7.92. The zero-order valence-corrected chi connectivity index (χ0v) is 22.2. The van der Waals surface area contributed by atoms with E-state index in [0.717, 1.165) is 22.8 Å². The molecule has 0 amide bonds. The largest absolute Gasteiger partial charge is 0.508 e. The maximum atomic E-state index is 14.1. The summed E-state index contributed by atoms with van der Waals surface area (Å²) in [5, 5.41) is 15.2. The van der Waals surface area contributed by atoms with E-state index in [1.165, 1.54) is 24.3 Å². The predicted molar refractivity (Wildman–Crippen MR) is 148 cm³/mol.